The molecule has 1 heterocycles. The van der Waals surface area contributed by atoms with Crippen LogP contribution in [0.1, 0.15) is 11.8 Å². The topological polar surface area (TPSA) is 32.6 Å². The number of hydrogen-bond acceptors (Lipinski definition) is 5. The van der Waals surface area contributed by atoms with Gasteiger partial charge in [0.05, 0.1) is 10.6 Å². The molecule has 0 unspecified atom stereocenters. The van der Waals surface area contributed by atoms with Crippen molar-refractivity contribution >= 4 is 38.6 Å². The van der Waals surface area contributed by atoms with Crippen LogP contribution in [-0.2, 0) is 0 Å². The highest BCUT2D eigenvalue weighted by atomic mass is 32.9. The summed E-state index contributed by atoms with van der Waals surface area (Å²) in [5.74, 6) is 0. The zero-order valence-corrected chi connectivity index (χ0v) is 11.0. The lowest BCUT2D eigenvalue weighted by Crippen LogP contribution is -1.93. The second-order valence-electron chi connectivity index (χ2n) is 3.21. The smallest absolute Gasteiger partial charge is 0.110 e. The zero-order valence-electron chi connectivity index (χ0n) is 8.51. The molecule has 2 rings (SSSR count). The van der Waals surface area contributed by atoms with Crippen molar-refractivity contribution in [3.05, 3.63) is 39.0 Å². The molecule has 0 saturated heterocycles. The zero-order chi connectivity index (χ0) is 11.5. The molecule has 2 aromatic rings. The van der Waals surface area contributed by atoms with Gasteiger partial charge in [-0.3, -0.25) is 0 Å². The predicted octanol–water partition coefficient (Wildman–Crippen LogP) is 4.40. The van der Waals surface area contributed by atoms with E-state index in [0.29, 0.717) is 5.71 Å². The second-order valence-corrected chi connectivity index (χ2v) is 6.03. The third kappa shape index (κ3) is 2.07. The Kier molecular flexibility index (Phi) is 3.48. The molecule has 0 aliphatic carbocycles. The van der Waals surface area contributed by atoms with Crippen molar-refractivity contribution in [2.75, 3.05) is 0 Å². The molecule has 0 fully saturated rings. The maximum atomic E-state index is 8.83. The average molecular weight is 267 g/mol. The highest BCUT2D eigenvalue weighted by Crippen LogP contribution is 2.34. The second kappa shape index (κ2) is 4.86. The molecule has 0 spiro atoms. The number of oxime groups is 1. The maximum absolute atomic E-state index is 8.83. The van der Waals surface area contributed by atoms with Gasteiger partial charge in [0.15, 0.2) is 0 Å². The quantitative estimate of drug-likeness (QED) is 0.287. The van der Waals surface area contributed by atoms with E-state index >= 15 is 0 Å². The van der Waals surface area contributed by atoms with Gasteiger partial charge in [0.2, 0.25) is 0 Å². The number of benzene rings is 1. The minimum absolute atomic E-state index is 0.608. The van der Waals surface area contributed by atoms with Crippen LogP contribution in [0.15, 0.2) is 35.5 Å². The Morgan fingerprint density at radius 2 is 1.94 bits per heavy atom. The molecule has 0 aliphatic rings. The summed E-state index contributed by atoms with van der Waals surface area (Å²) >= 11 is 5.31. The molecule has 0 bridgehead atoms. The Balaban J connectivity index is 2.66. The summed E-state index contributed by atoms with van der Waals surface area (Å²) < 4.78 is 0.842. The highest BCUT2D eigenvalue weighted by Gasteiger charge is 2.13. The fourth-order valence-electron chi connectivity index (χ4n) is 1.40. The molecule has 1 aromatic heterocycles. The first-order chi connectivity index (χ1) is 7.74. The van der Waals surface area contributed by atoms with E-state index < -0.39 is 0 Å². The average Bonchev–Trinajstić information content (AvgIpc) is 2.71. The number of hydrogen-bond donors (Lipinski definition) is 1. The van der Waals surface area contributed by atoms with Gasteiger partial charge in [-0.25, -0.2) is 0 Å². The molecule has 5 heteroatoms. The van der Waals surface area contributed by atoms with Gasteiger partial charge in [-0.1, -0.05) is 68.4 Å². The minimum atomic E-state index is 0.608. The van der Waals surface area contributed by atoms with Crippen LogP contribution >= 0.6 is 32.9 Å². The van der Waals surface area contributed by atoms with E-state index in [9.17, 15) is 0 Å². The van der Waals surface area contributed by atoms with Crippen molar-refractivity contribution in [2.24, 2.45) is 5.16 Å². The molecule has 0 radical (unpaired) electrons. The lowest BCUT2D eigenvalue weighted by molar-refractivity contribution is 0.319. The first kappa shape index (κ1) is 11.4. The third-order valence-corrected chi connectivity index (χ3v) is 5.30. The Labute approximate surface area is 106 Å². The van der Waals surface area contributed by atoms with Crippen LogP contribution < -0.4 is 0 Å². The molecule has 0 saturated carbocycles. The fraction of sp³-hybridized carbons (Fsp3) is 0.0909. The van der Waals surface area contributed by atoms with Gasteiger partial charge in [0.25, 0.3) is 0 Å². The van der Waals surface area contributed by atoms with E-state index in [-0.39, 0.29) is 0 Å². The Morgan fingerprint density at radius 1 is 1.25 bits per heavy atom. The molecule has 82 valence electrons. The van der Waals surface area contributed by atoms with Crippen LogP contribution in [0, 0.1) is 3.82 Å². The van der Waals surface area contributed by atoms with Gasteiger partial charge in [-0.15, -0.1) is 0 Å². The van der Waals surface area contributed by atoms with Crippen molar-refractivity contribution in [2.45, 2.75) is 6.92 Å². The van der Waals surface area contributed by atoms with E-state index in [0.717, 1.165) is 19.8 Å². The van der Waals surface area contributed by atoms with E-state index in [4.69, 9.17) is 17.4 Å². The first-order valence-electron chi connectivity index (χ1n) is 4.61. The molecule has 16 heavy (non-hydrogen) atoms. The van der Waals surface area contributed by atoms with E-state index in [1.165, 1.54) is 10.3 Å². The molecule has 0 aliphatic heterocycles. The largest absolute Gasteiger partial charge is 0.411 e. The molecule has 0 atom stereocenters. The van der Waals surface area contributed by atoms with Crippen LogP contribution in [0.5, 0.6) is 0 Å². The van der Waals surface area contributed by atoms with Crippen molar-refractivity contribution < 1.29 is 5.21 Å². The van der Waals surface area contributed by atoms with Crippen LogP contribution in [0.25, 0.3) is 11.1 Å². The summed E-state index contributed by atoms with van der Waals surface area (Å²) in [5.41, 5.74) is 2.68. The standard InChI is InChI=1S/C11H9NOS3/c1-7(12-13)10-9(11(14)16-15-10)8-5-3-2-4-6-8/h2-6,13H,1H3/b12-7+. The van der Waals surface area contributed by atoms with Crippen molar-refractivity contribution in [3.8, 4) is 11.1 Å². The van der Waals surface area contributed by atoms with Crippen LogP contribution in [-0.4, -0.2) is 10.9 Å². The predicted molar refractivity (Wildman–Crippen MR) is 72.5 cm³/mol. The number of rotatable bonds is 2. The Bertz CT molecular complexity index is 568. The Hall–Kier alpha value is -1.04. The van der Waals surface area contributed by atoms with E-state index in [1.807, 2.05) is 30.3 Å². The minimum Gasteiger partial charge on any atom is -0.411 e. The van der Waals surface area contributed by atoms with Crippen molar-refractivity contribution in [3.63, 3.8) is 0 Å². The lowest BCUT2D eigenvalue weighted by Gasteiger charge is -2.01. The summed E-state index contributed by atoms with van der Waals surface area (Å²) in [6.45, 7) is 1.78. The molecular formula is C11H9NOS3. The van der Waals surface area contributed by atoms with Gasteiger partial charge < -0.3 is 5.21 Å². The van der Waals surface area contributed by atoms with Crippen LogP contribution in [0.3, 0.4) is 0 Å². The summed E-state index contributed by atoms with van der Waals surface area (Å²) in [4.78, 5) is 0.948. The van der Waals surface area contributed by atoms with Crippen LogP contribution in [0.4, 0.5) is 0 Å². The molecule has 0 amide bonds. The maximum Gasteiger partial charge on any atom is 0.110 e. The normalized spacial score (nSPS) is 11.7. The highest BCUT2D eigenvalue weighted by molar-refractivity contribution is 7.80. The third-order valence-electron chi connectivity index (χ3n) is 2.17. The summed E-state index contributed by atoms with van der Waals surface area (Å²) in [5, 5.41) is 12.1. The Morgan fingerprint density at radius 3 is 2.56 bits per heavy atom. The molecular weight excluding hydrogens is 258 g/mol. The summed E-state index contributed by atoms with van der Waals surface area (Å²) in [6, 6.07) is 9.94. The van der Waals surface area contributed by atoms with Gasteiger partial charge in [0, 0.05) is 5.56 Å². The van der Waals surface area contributed by atoms with Crippen LogP contribution in [0.2, 0.25) is 0 Å². The molecule has 1 N–H and O–H groups in total. The monoisotopic (exact) mass is 267 g/mol. The molecule has 1 aromatic carbocycles. The number of nitrogens with zero attached hydrogens (tertiary/aromatic N) is 1. The van der Waals surface area contributed by atoms with Gasteiger partial charge in [-0.2, -0.15) is 0 Å². The summed E-state index contributed by atoms with van der Waals surface area (Å²) in [6.07, 6.45) is 0. The fourth-order valence-corrected chi connectivity index (χ4v) is 4.32. The lowest BCUT2D eigenvalue weighted by atomic mass is 10.1. The van der Waals surface area contributed by atoms with Gasteiger partial charge in [-0.05, 0) is 12.5 Å². The van der Waals surface area contributed by atoms with E-state index in [2.05, 4.69) is 5.16 Å². The van der Waals surface area contributed by atoms with Crippen molar-refractivity contribution in [1.82, 2.24) is 0 Å². The SMILES string of the molecule is C/C(=N\O)c1ssc(=S)c1-c1ccccc1. The van der Waals surface area contributed by atoms with Gasteiger partial charge >= 0.3 is 0 Å². The van der Waals surface area contributed by atoms with Crippen molar-refractivity contribution in [1.29, 1.82) is 0 Å². The molecule has 2 nitrogen and oxygen atoms in total. The first-order valence-corrected chi connectivity index (χ1v) is 7.17. The summed E-state index contributed by atoms with van der Waals surface area (Å²) in [7, 11) is 3.08. The van der Waals surface area contributed by atoms with Gasteiger partial charge in [0.1, 0.15) is 3.82 Å². The van der Waals surface area contributed by atoms with E-state index in [1.54, 1.807) is 17.3 Å².